The molecule has 20 heavy (non-hydrogen) atoms. The van der Waals surface area contributed by atoms with E-state index in [2.05, 4.69) is 0 Å². The fourth-order valence-corrected chi connectivity index (χ4v) is 3.76. The van der Waals surface area contributed by atoms with Gasteiger partial charge in [0.1, 0.15) is 5.82 Å². The van der Waals surface area contributed by atoms with Gasteiger partial charge in [-0.25, -0.2) is 12.8 Å². The van der Waals surface area contributed by atoms with Crippen molar-refractivity contribution < 1.29 is 12.8 Å². The summed E-state index contributed by atoms with van der Waals surface area (Å²) in [6, 6.07) is 4.31. The molecule has 0 aliphatic heterocycles. The number of nitrogen functional groups attached to an aromatic ring is 1. The van der Waals surface area contributed by atoms with Crippen LogP contribution in [-0.2, 0) is 16.6 Å². The number of halogens is 1. The molecule has 0 saturated carbocycles. The van der Waals surface area contributed by atoms with Crippen molar-refractivity contribution in [1.29, 1.82) is 0 Å². The molecule has 0 radical (unpaired) electrons. The zero-order valence-electron chi connectivity index (χ0n) is 11.1. The summed E-state index contributed by atoms with van der Waals surface area (Å²) in [5.41, 5.74) is 6.46. The van der Waals surface area contributed by atoms with Crippen molar-refractivity contribution in [1.82, 2.24) is 4.31 Å². The van der Waals surface area contributed by atoms with E-state index < -0.39 is 15.8 Å². The van der Waals surface area contributed by atoms with Gasteiger partial charge in [0.25, 0.3) is 0 Å². The Bertz CT molecular complexity index is 689. The molecule has 2 N–H and O–H groups in total. The fourth-order valence-electron chi connectivity index (χ4n) is 1.82. The molecule has 1 aromatic carbocycles. The maximum absolute atomic E-state index is 13.5. The van der Waals surface area contributed by atoms with Crippen molar-refractivity contribution in [2.75, 3.05) is 12.8 Å². The number of aryl methyl sites for hydroxylation is 1. The first kappa shape index (κ1) is 15.0. The molecule has 2 rings (SSSR count). The summed E-state index contributed by atoms with van der Waals surface area (Å²) < 4.78 is 39.5. The second-order valence-corrected chi connectivity index (χ2v) is 7.36. The molecule has 0 aliphatic carbocycles. The molecule has 0 fully saturated rings. The van der Waals surface area contributed by atoms with Crippen molar-refractivity contribution in [3.05, 3.63) is 45.9 Å². The van der Waals surface area contributed by atoms with Crippen LogP contribution in [0.1, 0.15) is 11.1 Å². The molecule has 1 aromatic heterocycles. The van der Waals surface area contributed by atoms with Crippen LogP contribution in [0.15, 0.2) is 33.9 Å². The third-order valence-corrected chi connectivity index (χ3v) is 5.46. The lowest BCUT2D eigenvalue weighted by Gasteiger charge is -2.17. The Morgan fingerprint density at radius 3 is 2.65 bits per heavy atom. The Balaban J connectivity index is 2.35. The van der Waals surface area contributed by atoms with Crippen molar-refractivity contribution in [2.24, 2.45) is 0 Å². The van der Waals surface area contributed by atoms with Crippen LogP contribution in [0.2, 0.25) is 0 Å². The van der Waals surface area contributed by atoms with E-state index in [1.807, 2.05) is 16.8 Å². The number of hydrogen-bond donors (Lipinski definition) is 1. The Kier molecular flexibility index (Phi) is 4.12. The third-order valence-electron chi connectivity index (χ3n) is 2.95. The monoisotopic (exact) mass is 314 g/mol. The SMILES string of the molecule is Cc1cc(S(=O)(=O)N(C)Cc2ccsc2)cc(N)c1F. The summed E-state index contributed by atoms with van der Waals surface area (Å²) in [7, 11) is -2.20. The van der Waals surface area contributed by atoms with E-state index in [1.165, 1.54) is 35.7 Å². The summed E-state index contributed by atoms with van der Waals surface area (Å²) >= 11 is 1.50. The minimum Gasteiger partial charge on any atom is -0.396 e. The number of hydrogen-bond acceptors (Lipinski definition) is 4. The molecular formula is C13H15FN2O2S2. The first-order chi connectivity index (χ1) is 9.32. The number of nitrogens with two attached hydrogens (primary N) is 1. The Morgan fingerprint density at radius 1 is 1.40 bits per heavy atom. The summed E-state index contributed by atoms with van der Waals surface area (Å²) in [5, 5.41) is 3.77. The van der Waals surface area contributed by atoms with E-state index in [0.29, 0.717) is 0 Å². The lowest BCUT2D eigenvalue weighted by Crippen LogP contribution is -2.26. The Morgan fingerprint density at radius 2 is 2.10 bits per heavy atom. The van der Waals surface area contributed by atoms with E-state index >= 15 is 0 Å². The van der Waals surface area contributed by atoms with Crippen LogP contribution >= 0.6 is 11.3 Å². The number of nitrogens with zero attached hydrogens (tertiary/aromatic N) is 1. The third kappa shape index (κ3) is 2.84. The summed E-state index contributed by atoms with van der Waals surface area (Å²) in [6.07, 6.45) is 0. The highest BCUT2D eigenvalue weighted by Gasteiger charge is 2.23. The van der Waals surface area contributed by atoms with Gasteiger partial charge in [0.2, 0.25) is 10.0 Å². The van der Waals surface area contributed by atoms with Gasteiger partial charge in [0.15, 0.2) is 0 Å². The van der Waals surface area contributed by atoms with Gasteiger partial charge in [-0.15, -0.1) is 0 Å². The zero-order chi connectivity index (χ0) is 14.9. The molecule has 108 valence electrons. The van der Waals surface area contributed by atoms with Gasteiger partial charge in [-0.05, 0) is 47.0 Å². The van der Waals surface area contributed by atoms with Crippen LogP contribution in [-0.4, -0.2) is 19.8 Å². The minimum absolute atomic E-state index is 0.00614. The number of anilines is 1. The van der Waals surface area contributed by atoms with Gasteiger partial charge < -0.3 is 5.73 Å². The predicted molar refractivity (Wildman–Crippen MR) is 78.5 cm³/mol. The first-order valence-electron chi connectivity index (χ1n) is 5.85. The van der Waals surface area contributed by atoms with Crippen molar-refractivity contribution in [3.63, 3.8) is 0 Å². The molecule has 4 nitrogen and oxygen atoms in total. The average molecular weight is 314 g/mol. The lowest BCUT2D eigenvalue weighted by molar-refractivity contribution is 0.467. The zero-order valence-corrected chi connectivity index (χ0v) is 12.8. The molecule has 0 aliphatic rings. The molecule has 0 spiro atoms. The lowest BCUT2D eigenvalue weighted by atomic mass is 10.2. The van der Waals surface area contributed by atoms with Crippen LogP contribution in [0.5, 0.6) is 0 Å². The highest BCUT2D eigenvalue weighted by atomic mass is 32.2. The van der Waals surface area contributed by atoms with Gasteiger partial charge in [-0.1, -0.05) is 0 Å². The number of thiophene rings is 1. The molecule has 2 aromatic rings. The van der Waals surface area contributed by atoms with Crippen molar-refractivity contribution in [2.45, 2.75) is 18.4 Å². The van der Waals surface area contributed by atoms with Crippen LogP contribution in [0.3, 0.4) is 0 Å². The molecule has 0 amide bonds. The maximum atomic E-state index is 13.5. The quantitative estimate of drug-likeness (QED) is 0.882. The van der Waals surface area contributed by atoms with E-state index in [1.54, 1.807) is 0 Å². The van der Waals surface area contributed by atoms with E-state index in [9.17, 15) is 12.8 Å². The second-order valence-electron chi connectivity index (χ2n) is 4.54. The number of sulfonamides is 1. The maximum Gasteiger partial charge on any atom is 0.243 e. The molecule has 0 unspecified atom stereocenters. The molecular weight excluding hydrogens is 299 g/mol. The van der Waals surface area contributed by atoms with Gasteiger partial charge in [0, 0.05) is 13.6 Å². The van der Waals surface area contributed by atoms with Gasteiger partial charge >= 0.3 is 0 Å². The Hall–Kier alpha value is -1.44. The first-order valence-corrected chi connectivity index (χ1v) is 8.23. The van der Waals surface area contributed by atoms with Crippen LogP contribution < -0.4 is 5.73 Å². The standard InChI is InChI=1S/C13H15FN2O2S2/c1-9-5-11(6-12(15)13(9)14)20(17,18)16(2)7-10-3-4-19-8-10/h3-6,8H,7,15H2,1-2H3. The molecule has 1 heterocycles. The normalized spacial score (nSPS) is 12.0. The summed E-state index contributed by atoms with van der Waals surface area (Å²) in [4.78, 5) is 0.00614. The number of rotatable bonds is 4. The van der Waals surface area contributed by atoms with E-state index in [-0.39, 0.29) is 22.7 Å². The largest absolute Gasteiger partial charge is 0.396 e. The topological polar surface area (TPSA) is 63.4 Å². The summed E-state index contributed by atoms with van der Waals surface area (Å²) in [5.74, 6) is -0.579. The van der Waals surface area contributed by atoms with Crippen molar-refractivity contribution in [3.8, 4) is 0 Å². The summed E-state index contributed by atoms with van der Waals surface area (Å²) in [6.45, 7) is 1.76. The number of benzene rings is 1. The van der Waals surface area contributed by atoms with E-state index in [0.717, 1.165) is 11.6 Å². The van der Waals surface area contributed by atoms with Crippen molar-refractivity contribution >= 4 is 27.0 Å². The molecule has 0 bridgehead atoms. The van der Waals surface area contributed by atoms with Crippen LogP contribution in [0, 0.1) is 12.7 Å². The molecule has 0 atom stereocenters. The van der Waals surface area contributed by atoms with Crippen LogP contribution in [0.25, 0.3) is 0 Å². The Labute approximate surface area is 121 Å². The van der Waals surface area contributed by atoms with Gasteiger partial charge in [-0.3, -0.25) is 0 Å². The smallest absolute Gasteiger partial charge is 0.243 e. The fraction of sp³-hybridized carbons (Fsp3) is 0.231. The molecule has 0 saturated heterocycles. The average Bonchev–Trinajstić information content (AvgIpc) is 2.88. The van der Waals surface area contributed by atoms with Gasteiger partial charge in [-0.2, -0.15) is 15.6 Å². The van der Waals surface area contributed by atoms with E-state index in [4.69, 9.17) is 5.73 Å². The van der Waals surface area contributed by atoms with Gasteiger partial charge in [0.05, 0.1) is 10.6 Å². The predicted octanol–water partition coefficient (Wildman–Crippen LogP) is 2.60. The highest BCUT2D eigenvalue weighted by molar-refractivity contribution is 7.89. The minimum atomic E-state index is -3.69. The van der Waals surface area contributed by atoms with Crippen LogP contribution in [0.4, 0.5) is 10.1 Å². The second kappa shape index (κ2) is 5.51. The molecule has 7 heteroatoms. The highest BCUT2D eigenvalue weighted by Crippen LogP contribution is 2.24.